The molecule has 4 rings (SSSR count). The van der Waals surface area contributed by atoms with Crippen LogP contribution in [0.15, 0.2) is 46.2 Å². The number of fused-ring (bicyclic) bond motifs is 1. The van der Waals surface area contributed by atoms with Crippen LogP contribution in [0.3, 0.4) is 0 Å². The van der Waals surface area contributed by atoms with Crippen LogP contribution in [0.25, 0.3) is 11.0 Å². The fourth-order valence-electron chi connectivity index (χ4n) is 4.15. The van der Waals surface area contributed by atoms with Gasteiger partial charge in [-0.25, -0.2) is 26.1 Å². The molecule has 0 aliphatic carbocycles. The summed E-state index contributed by atoms with van der Waals surface area (Å²) < 4.78 is 49.3. The molecule has 0 bridgehead atoms. The van der Waals surface area contributed by atoms with Gasteiger partial charge in [-0.1, -0.05) is 0 Å². The molecular formula is C22H25ClN6O6S2. The summed E-state index contributed by atoms with van der Waals surface area (Å²) in [5.41, 5.74) is 0.528. The van der Waals surface area contributed by atoms with E-state index in [2.05, 4.69) is 20.6 Å². The van der Waals surface area contributed by atoms with Gasteiger partial charge in [0.05, 0.1) is 11.2 Å². The molecule has 1 aliphatic rings. The third-order valence-corrected chi connectivity index (χ3v) is 8.79. The predicted octanol–water partition coefficient (Wildman–Crippen LogP) is 1.50. The minimum atomic E-state index is -3.92. The number of pyridine rings is 1. The zero-order valence-electron chi connectivity index (χ0n) is 20.0. The first-order valence-corrected chi connectivity index (χ1v) is 15.4. The van der Waals surface area contributed by atoms with Gasteiger partial charge in [-0.2, -0.15) is 4.98 Å². The zero-order valence-corrected chi connectivity index (χ0v) is 22.4. The number of halogens is 1. The molecule has 1 saturated heterocycles. The maximum atomic E-state index is 12.8. The molecule has 0 atom stereocenters. The number of hydrogen-bond acceptors (Lipinski definition) is 9. The van der Waals surface area contributed by atoms with E-state index in [9.17, 15) is 26.4 Å². The molecular weight excluding hydrogens is 544 g/mol. The second kappa shape index (κ2) is 10.4. The first kappa shape index (κ1) is 27.0. The lowest BCUT2D eigenvalue weighted by Gasteiger charge is -2.30. The Morgan fingerprint density at radius 3 is 2.46 bits per heavy atom. The quantitative estimate of drug-likeness (QED) is 0.402. The summed E-state index contributed by atoms with van der Waals surface area (Å²) in [7, 11) is -1.75. The van der Waals surface area contributed by atoms with Crippen LogP contribution in [0.4, 0.5) is 11.6 Å². The molecule has 1 amide bonds. The number of carbonyl (C=O) groups is 1. The average Bonchev–Trinajstić information content (AvgIpc) is 2.80. The molecule has 0 saturated carbocycles. The summed E-state index contributed by atoms with van der Waals surface area (Å²) >= 11 is 0. The maximum absolute atomic E-state index is 12.8. The van der Waals surface area contributed by atoms with Crippen molar-refractivity contribution in [3.8, 4) is 0 Å². The lowest BCUT2D eigenvalue weighted by molar-refractivity contribution is -0.116. The lowest BCUT2D eigenvalue weighted by atomic mass is 10.1. The number of hydrogen-bond donors (Lipinski definition) is 2. The molecule has 15 heteroatoms. The summed E-state index contributed by atoms with van der Waals surface area (Å²) in [6.07, 6.45) is 3.87. The van der Waals surface area contributed by atoms with E-state index in [1.165, 1.54) is 39.4 Å². The summed E-state index contributed by atoms with van der Waals surface area (Å²) in [6.45, 7) is 1.98. The van der Waals surface area contributed by atoms with E-state index < -0.39 is 30.5 Å². The summed E-state index contributed by atoms with van der Waals surface area (Å²) in [5, 5.41) is 6.39. The normalized spacial score (nSPS) is 15.5. The first-order valence-electron chi connectivity index (χ1n) is 11.2. The molecule has 1 fully saturated rings. The third kappa shape index (κ3) is 6.44. The van der Waals surface area contributed by atoms with Gasteiger partial charge in [-0.3, -0.25) is 14.2 Å². The van der Waals surface area contributed by atoms with Gasteiger partial charge in [0.1, 0.15) is 12.2 Å². The van der Waals surface area contributed by atoms with Crippen LogP contribution in [0.5, 0.6) is 0 Å². The van der Waals surface area contributed by atoms with Crippen molar-refractivity contribution in [1.82, 2.24) is 18.8 Å². The highest BCUT2D eigenvalue weighted by atomic mass is 35.7. The van der Waals surface area contributed by atoms with E-state index >= 15 is 0 Å². The van der Waals surface area contributed by atoms with Crippen molar-refractivity contribution in [2.45, 2.75) is 37.2 Å². The van der Waals surface area contributed by atoms with Crippen LogP contribution >= 0.6 is 10.7 Å². The number of amides is 1. The summed E-state index contributed by atoms with van der Waals surface area (Å²) in [4.78, 5) is 34.1. The van der Waals surface area contributed by atoms with Gasteiger partial charge in [-0.15, -0.1) is 0 Å². The van der Waals surface area contributed by atoms with Crippen molar-refractivity contribution in [3.63, 3.8) is 0 Å². The number of benzene rings is 1. The molecule has 198 valence electrons. The molecule has 0 unspecified atom stereocenters. The van der Waals surface area contributed by atoms with E-state index in [0.29, 0.717) is 42.6 Å². The number of nitrogens with zero attached hydrogens (tertiary/aromatic N) is 4. The van der Waals surface area contributed by atoms with Crippen LogP contribution in [0.2, 0.25) is 0 Å². The van der Waals surface area contributed by atoms with Crippen LogP contribution in [-0.2, 0) is 30.4 Å². The number of sulfonamides is 1. The highest BCUT2D eigenvalue weighted by Crippen LogP contribution is 2.23. The van der Waals surface area contributed by atoms with Gasteiger partial charge >= 0.3 is 0 Å². The Bertz CT molecular complexity index is 1630. The van der Waals surface area contributed by atoms with E-state index in [1.807, 2.05) is 0 Å². The molecule has 12 nitrogen and oxygen atoms in total. The highest BCUT2D eigenvalue weighted by molar-refractivity contribution is 8.13. The van der Waals surface area contributed by atoms with Crippen molar-refractivity contribution >= 4 is 58.3 Å². The fraction of sp³-hybridized carbons (Fsp3) is 0.364. The predicted molar refractivity (Wildman–Crippen MR) is 140 cm³/mol. The SMILES string of the molecule is Cc1cc(NC(=O)Cn2c(=O)ccc3cnc(NC4CCN(S(C)(=O)=O)CC4)nc32)ccc1S(=O)(=O)Cl. The standard InChI is InChI=1S/C22H25ClN6O6S2/c1-14-11-17(4-5-18(14)37(23,34)35)25-19(30)13-29-20(31)6-3-15-12-24-22(27-21(15)29)26-16-7-9-28(10-8-16)36(2,32)33/h3-6,11-12,16H,7-10,13H2,1-2H3,(H,25,30)(H,24,26,27). The van der Waals surface area contributed by atoms with E-state index in [1.54, 1.807) is 19.2 Å². The smallest absolute Gasteiger partial charge is 0.261 e. The number of aromatic nitrogens is 3. The van der Waals surface area contributed by atoms with Crippen molar-refractivity contribution in [3.05, 3.63) is 52.4 Å². The minimum absolute atomic E-state index is 0.0503. The Morgan fingerprint density at radius 1 is 1.14 bits per heavy atom. The van der Waals surface area contributed by atoms with E-state index in [4.69, 9.17) is 10.7 Å². The Labute approximate surface area is 218 Å². The summed E-state index contributed by atoms with van der Waals surface area (Å²) in [5.74, 6) is -0.254. The van der Waals surface area contributed by atoms with Crippen molar-refractivity contribution < 1.29 is 21.6 Å². The average molecular weight is 569 g/mol. The van der Waals surface area contributed by atoms with Crippen LogP contribution in [0, 0.1) is 6.92 Å². The fourth-order valence-corrected chi connectivity index (χ4v) is 6.22. The van der Waals surface area contributed by atoms with Gasteiger partial charge in [0.25, 0.3) is 14.6 Å². The second-order valence-corrected chi connectivity index (χ2v) is 13.3. The lowest BCUT2D eigenvalue weighted by Crippen LogP contribution is -2.42. The van der Waals surface area contributed by atoms with E-state index in [0.717, 1.165) is 0 Å². The Balaban J connectivity index is 1.51. The maximum Gasteiger partial charge on any atom is 0.261 e. The highest BCUT2D eigenvalue weighted by Gasteiger charge is 2.25. The van der Waals surface area contributed by atoms with Gasteiger partial charge in [0, 0.05) is 53.2 Å². The Morgan fingerprint density at radius 2 is 1.84 bits per heavy atom. The van der Waals surface area contributed by atoms with Crippen LogP contribution in [0.1, 0.15) is 18.4 Å². The molecule has 2 aromatic heterocycles. The number of piperidine rings is 1. The number of carbonyl (C=O) groups excluding carboxylic acids is 1. The van der Waals surface area contributed by atoms with Crippen molar-refractivity contribution in [1.29, 1.82) is 0 Å². The van der Waals surface area contributed by atoms with Gasteiger partial charge < -0.3 is 10.6 Å². The van der Waals surface area contributed by atoms with Crippen molar-refractivity contribution in [2.24, 2.45) is 0 Å². The molecule has 2 N–H and O–H groups in total. The molecule has 3 aromatic rings. The van der Waals surface area contributed by atoms with E-state index in [-0.39, 0.29) is 29.1 Å². The van der Waals surface area contributed by atoms with Crippen LogP contribution in [-0.4, -0.2) is 67.0 Å². The molecule has 0 spiro atoms. The monoisotopic (exact) mass is 568 g/mol. The molecule has 1 aliphatic heterocycles. The number of anilines is 2. The topological polar surface area (TPSA) is 160 Å². The van der Waals surface area contributed by atoms with Crippen LogP contribution < -0.4 is 16.2 Å². The van der Waals surface area contributed by atoms with Gasteiger partial charge in [-0.05, 0) is 49.6 Å². The third-order valence-electron chi connectivity index (χ3n) is 6.00. The zero-order chi connectivity index (χ0) is 27.0. The molecule has 1 aromatic carbocycles. The Hall–Kier alpha value is -3.07. The number of rotatable bonds is 7. The van der Waals surface area contributed by atoms with Gasteiger partial charge in [0.2, 0.25) is 21.9 Å². The number of aryl methyl sites for hydroxylation is 1. The second-order valence-electron chi connectivity index (χ2n) is 8.78. The first-order chi connectivity index (χ1) is 17.3. The Kier molecular flexibility index (Phi) is 7.55. The largest absolute Gasteiger partial charge is 0.351 e. The molecule has 3 heterocycles. The molecule has 0 radical (unpaired) electrons. The number of nitrogens with one attached hydrogen (secondary N) is 2. The minimum Gasteiger partial charge on any atom is -0.351 e. The van der Waals surface area contributed by atoms with Crippen molar-refractivity contribution in [2.75, 3.05) is 30.0 Å². The molecule has 37 heavy (non-hydrogen) atoms. The summed E-state index contributed by atoms with van der Waals surface area (Å²) in [6, 6.07) is 7.00. The van der Waals surface area contributed by atoms with Gasteiger partial charge in [0.15, 0.2) is 0 Å².